The monoisotopic (exact) mass is 519 g/mol. The molecule has 4 aromatic carbocycles. The van der Waals surface area contributed by atoms with E-state index in [4.69, 9.17) is 14.8 Å². The number of rotatable bonds is 7. The van der Waals surface area contributed by atoms with E-state index >= 15 is 0 Å². The molecule has 0 aliphatic heterocycles. The number of fused-ring (bicyclic) bond motifs is 1. The Kier molecular flexibility index (Phi) is 7.43. The Balaban J connectivity index is 1.68. The third kappa shape index (κ3) is 5.13. The number of hydrogen-bond donors (Lipinski definition) is 0. The zero-order valence-corrected chi connectivity index (χ0v) is 22.7. The minimum absolute atomic E-state index is 0.212. The fourth-order valence-electron chi connectivity index (χ4n) is 4.39. The van der Waals surface area contributed by atoms with Gasteiger partial charge in [0, 0.05) is 20.9 Å². The first kappa shape index (κ1) is 25.5. The molecule has 0 aliphatic rings. The summed E-state index contributed by atoms with van der Waals surface area (Å²) in [4.78, 5) is 20.9. The van der Waals surface area contributed by atoms with E-state index in [1.165, 1.54) is 4.68 Å². The van der Waals surface area contributed by atoms with Crippen LogP contribution in [0.4, 0.5) is 0 Å². The Morgan fingerprint density at radius 2 is 1.66 bits per heavy atom. The number of benzene rings is 4. The molecular weight excluding hydrogens is 490 g/mol. The summed E-state index contributed by atoms with van der Waals surface area (Å²) in [7, 11) is 1.68. The van der Waals surface area contributed by atoms with Crippen molar-refractivity contribution in [3.8, 4) is 17.1 Å². The highest BCUT2D eigenvalue weighted by molar-refractivity contribution is 7.99. The lowest BCUT2D eigenvalue weighted by Gasteiger charge is -2.17. The van der Waals surface area contributed by atoms with Crippen molar-refractivity contribution in [2.75, 3.05) is 7.11 Å². The molecular formula is C32H29N3O2S. The van der Waals surface area contributed by atoms with Gasteiger partial charge < -0.3 is 4.74 Å². The van der Waals surface area contributed by atoms with Crippen LogP contribution < -0.4 is 10.3 Å². The van der Waals surface area contributed by atoms with Crippen molar-refractivity contribution in [3.63, 3.8) is 0 Å². The third-order valence-electron chi connectivity index (χ3n) is 6.40. The summed E-state index contributed by atoms with van der Waals surface area (Å²) in [6, 6.07) is 29.7. The van der Waals surface area contributed by atoms with Crippen LogP contribution >= 0.6 is 11.8 Å². The number of para-hydroxylation sites is 1. The van der Waals surface area contributed by atoms with E-state index in [2.05, 4.69) is 38.1 Å². The normalized spacial score (nSPS) is 11.5. The quantitative estimate of drug-likeness (QED) is 0.209. The minimum atomic E-state index is -0.212. The van der Waals surface area contributed by atoms with Gasteiger partial charge in [0.1, 0.15) is 5.75 Å². The van der Waals surface area contributed by atoms with Gasteiger partial charge in [0.15, 0.2) is 5.82 Å². The molecule has 5 nitrogen and oxygen atoms in total. The smallest absolute Gasteiger partial charge is 0.282 e. The van der Waals surface area contributed by atoms with Gasteiger partial charge in [-0.1, -0.05) is 74.1 Å². The lowest BCUT2D eigenvalue weighted by Crippen LogP contribution is -2.21. The van der Waals surface area contributed by atoms with Crippen molar-refractivity contribution in [2.24, 2.45) is 5.10 Å². The van der Waals surface area contributed by atoms with Crippen LogP contribution in [0.5, 0.6) is 5.75 Å². The van der Waals surface area contributed by atoms with Gasteiger partial charge in [-0.15, -0.1) is 0 Å². The van der Waals surface area contributed by atoms with Crippen molar-refractivity contribution in [1.29, 1.82) is 0 Å². The number of nitrogens with zero attached hydrogens (tertiary/aromatic N) is 3. The van der Waals surface area contributed by atoms with Crippen LogP contribution in [-0.2, 0) is 0 Å². The van der Waals surface area contributed by atoms with Crippen molar-refractivity contribution >= 4 is 28.9 Å². The van der Waals surface area contributed by atoms with Gasteiger partial charge in [0.2, 0.25) is 0 Å². The maximum absolute atomic E-state index is 13.8. The molecule has 190 valence electrons. The first-order chi connectivity index (χ1) is 18.5. The molecule has 38 heavy (non-hydrogen) atoms. The first-order valence-corrected chi connectivity index (χ1v) is 13.3. The Morgan fingerprint density at radius 1 is 0.947 bits per heavy atom. The van der Waals surface area contributed by atoms with Crippen LogP contribution in [0.1, 0.15) is 36.5 Å². The molecule has 6 heteroatoms. The van der Waals surface area contributed by atoms with E-state index in [0.29, 0.717) is 16.7 Å². The molecule has 0 atom stereocenters. The summed E-state index contributed by atoms with van der Waals surface area (Å²) in [5.74, 6) is 1.56. The topological polar surface area (TPSA) is 56.5 Å². The maximum atomic E-state index is 13.8. The Labute approximate surface area is 226 Å². The van der Waals surface area contributed by atoms with Gasteiger partial charge >= 0.3 is 0 Å². The zero-order valence-electron chi connectivity index (χ0n) is 21.9. The molecule has 1 heterocycles. The van der Waals surface area contributed by atoms with Crippen LogP contribution in [0.25, 0.3) is 22.3 Å². The lowest BCUT2D eigenvalue weighted by atomic mass is 9.96. The summed E-state index contributed by atoms with van der Waals surface area (Å²) < 4.78 is 7.07. The second-order valence-corrected chi connectivity index (χ2v) is 10.4. The van der Waals surface area contributed by atoms with E-state index in [1.54, 1.807) is 31.2 Å². The Morgan fingerprint density at radius 3 is 2.42 bits per heavy atom. The highest BCUT2D eigenvalue weighted by Crippen LogP contribution is 2.34. The number of hydrogen-bond acceptors (Lipinski definition) is 5. The minimum Gasteiger partial charge on any atom is -0.496 e. The molecule has 0 saturated carbocycles. The van der Waals surface area contributed by atoms with Crippen LogP contribution in [-0.4, -0.2) is 23.0 Å². The van der Waals surface area contributed by atoms with Crippen molar-refractivity contribution < 1.29 is 4.74 Å². The molecule has 0 radical (unpaired) electrons. The Bertz CT molecular complexity index is 1690. The van der Waals surface area contributed by atoms with Gasteiger partial charge in [0.25, 0.3) is 5.56 Å². The summed E-state index contributed by atoms with van der Waals surface area (Å²) in [5, 5.41) is 5.26. The van der Waals surface area contributed by atoms with Crippen LogP contribution in [0.15, 0.2) is 111 Å². The second-order valence-electron chi connectivity index (χ2n) is 9.33. The third-order valence-corrected chi connectivity index (χ3v) is 7.50. The highest BCUT2D eigenvalue weighted by atomic mass is 32.2. The second kappa shape index (κ2) is 11.1. The molecule has 5 aromatic rings. The molecule has 0 saturated heterocycles. The standard InChI is InChI=1S/C32H29N3O2S/c1-21(2)26-19-27(22(3)18-29(26)37-4)31-34-28-16-10-9-15-25(28)32(36)35(31)33-20-23-12-8-11-17-30(23)38-24-13-6-5-7-14-24/h5-21H,1-4H3. The molecule has 0 N–H and O–H groups in total. The van der Waals surface area contributed by atoms with E-state index < -0.39 is 0 Å². The lowest BCUT2D eigenvalue weighted by molar-refractivity contribution is 0.407. The Hall–Kier alpha value is -4.16. The van der Waals surface area contributed by atoms with Gasteiger partial charge in [-0.2, -0.15) is 9.78 Å². The van der Waals surface area contributed by atoms with E-state index in [0.717, 1.165) is 37.8 Å². The molecule has 5 rings (SSSR count). The molecule has 0 unspecified atom stereocenters. The summed E-state index contributed by atoms with van der Waals surface area (Å²) >= 11 is 1.66. The average molecular weight is 520 g/mol. The number of methoxy groups -OCH3 is 1. The number of aromatic nitrogens is 2. The van der Waals surface area contributed by atoms with Crippen molar-refractivity contribution in [1.82, 2.24) is 9.66 Å². The van der Waals surface area contributed by atoms with Gasteiger partial charge in [0.05, 0.1) is 24.2 Å². The summed E-state index contributed by atoms with van der Waals surface area (Å²) in [6.45, 7) is 6.25. The first-order valence-electron chi connectivity index (χ1n) is 12.5. The maximum Gasteiger partial charge on any atom is 0.282 e. The molecule has 0 aliphatic carbocycles. The largest absolute Gasteiger partial charge is 0.496 e. The molecule has 0 bridgehead atoms. The van der Waals surface area contributed by atoms with E-state index in [1.807, 2.05) is 67.6 Å². The predicted octanol–water partition coefficient (Wildman–Crippen LogP) is 7.54. The highest BCUT2D eigenvalue weighted by Gasteiger charge is 2.18. The number of ether oxygens (including phenoxy) is 1. The zero-order chi connectivity index (χ0) is 26.6. The van der Waals surface area contributed by atoms with Crippen molar-refractivity contribution in [2.45, 2.75) is 36.5 Å². The molecule has 0 spiro atoms. The SMILES string of the molecule is COc1cc(C)c(-c2nc3ccccc3c(=O)n2N=Cc2ccccc2Sc2ccccc2)cc1C(C)C. The summed E-state index contributed by atoms with van der Waals surface area (Å²) in [6.07, 6.45) is 1.74. The van der Waals surface area contributed by atoms with Gasteiger partial charge in [-0.25, -0.2) is 4.98 Å². The predicted molar refractivity (Wildman–Crippen MR) is 157 cm³/mol. The van der Waals surface area contributed by atoms with Crippen molar-refractivity contribution in [3.05, 3.63) is 118 Å². The number of aryl methyl sites for hydroxylation is 1. The van der Waals surface area contributed by atoms with Gasteiger partial charge in [-0.3, -0.25) is 4.79 Å². The fraction of sp³-hybridized carbons (Fsp3) is 0.156. The van der Waals surface area contributed by atoms with E-state index in [-0.39, 0.29) is 11.5 Å². The molecule has 0 amide bonds. The molecule has 0 fully saturated rings. The van der Waals surface area contributed by atoms with Crippen LogP contribution in [0.3, 0.4) is 0 Å². The van der Waals surface area contributed by atoms with Gasteiger partial charge in [-0.05, 0) is 66.4 Å². The average Bonchev–Trinajstić information content (AvgIpc) is 2.93. The van der Waals surface area contributed by atoms with E-state index in [9.17, 15) is 4.79 Å². The fourth-order valence-corrected chi connectivity index (χ4v) is 5.32. The van der Waals surface area contributed by atoms with Crippen LogP contribution in [0, 0.1) is 6.92 Å². The molecule has 1 aromatic heterocycles. The summed E-state index contributed by atoms with van der Waals surface area (Å²) in [5.41, 5.74) is 4.20. The van der Waals surface area contributed by atoms with Crippen LogP contribution in [0.2, 0.25) is 0 Å².